The Labute approximate surface area is 102 Å². The summed E-state index contributed by atoms with van der Waals surface area (Å²) in [5.41, 5.74) is 0.845. The Morgan fingerprint density at radius 1 is 1.50 bits per heavy atom. The molecule has 0 spiro atoms. The van der Waals surface area contributed by atoms with Crippen molar-refractivity contribution in [3.05, 3.63) is 38.3 Å². The summed E-state index contributed by atoms with van der Waals surface area (Å²) in [5, 5.41) is 10.7. The van der Waals surface area contributed by atoms with Gasteiger partial charge in [-0.1, -0.05) is 19.1 Å². The van der Waals surface area contributed by atoms with Crippen molar-refractivity contribution in [2.45, 2.75) is 26.2 Å². The number of aryl methyl sites for hydroxylation is 1. The molecule has 1 aromatic rings. The van der Waals surface area contributed by atoms with Crippen LogP contribution in [-0.4, -0.2) is 10.7 Å². The van der Waals surface area contributed by atoms with E-state index >= 15 is 0 Å². The molecule has 0 bridgehead atoms. The average Bonchev–Trinajstić information content (AvgIpc) is 2.26. The number of nitro benzene ring substituents is 1. The van der Waals surface area contributed by atoms with Gasteiger partial charge < -0.3 is 0 Å². The summed E-state index contributed by atoms with van der Waals surface area (Å²) in [7, 11) is 0. The highest BCUT2D eigenvalue weighted by Crippen LogP contribution is 2.29. The number of benzene rings is 1. The third kappa shape index (κ3) is 3.13. The molecule has 0 atom stereocenters. The fraction of sp³-hybridized carbons (Fsp3) is 0.364. The molecule has 0 aromatic heterocycles. The third-order valence-electron chi connectivity index (χ3n) is 2.32. The van der Waals surface area contributed by atoms with Crippen LogP contribution in [0.1, 0.15) is 25.3 Å². The van der Waals surface area contributed by atoms with E-state index in [0.717, 1.165) is 5.56 Å². The Balaban J connectivity index is 2.85. The van der Waals surface area contributed by atoms with Gasteiger partial charge in [-0.2, -0.15) is 0 Å². The van der Waals surface area contributed by atoms with Crippen molar-refractivity contribution in [3.63, 3.8) is 0 Å². The van der Waals surface area contributed by atoms with E-state index in [1.165, 1.54) is 6.07 Å². The van der Waals surface area contributed by atoms with Crippen molar-refractivity contribution in [3.8, 4) is 0 Å². The van der Waals surface area contributed by atoms with Gasteiger partial charge in [-0.3, -0.25) is 14.9 Å². The van der Waals surface area contributed by atoms with Crippen LogP contribution in [0.3, 0.4) is 0 Å². The largest absolute Gasteiger partial charge is 0.300 e. The molecule has 0 saturated carbocycles. The summed E-state index contributed by atoms with van der Waals surface area (Å²) in [6.07, 6.45) is 1.47. The summed E-state index contributed by atoms with van der Waals surface area (Å²) < 4.78 is 0.476. The zero-order chi connectivity index (χ0) is 12.1. The Bertz CT molecular complexity index is 418. The van der Waals surface area contributed by atoms with Crippen LogP contribution in [0.15, 0.2) is 22.7 Å². The van der Waals surface area contributed by atoms with Crippen molar-refractivity contribution in [1.29, 1.82) is 0 Å². The lowest BCUT2D eigenvalue weighted by Gasteiger charge is -2.03. The molecule has 0 unspecified atom stereocenters. The van der Waals surface area contributed by atoms with Crippen LogP contribution in [0, 0.1) is 10.1 Å². The normalized spacial score (nSPS) is 10.1. The zero-order valence-corrected chi connectivity index (χ0v) is 10.5. The lowest BCUT2D eigenvalue weighted by molar-refractivity contribution is -0.385. The van der Waals surface area contributed by atoms with E-state index < -0.39 is 4.92 Å². The Morgan fingerprint density at radius 2 is 2.19 bits per heavy atom. The number of hydrogen-bond donors (Lipinski definition) is 0. The molecule has 0 aliphatic rings. The van der Waals surface area contributed by atoms with E-state index in [4.69, 9.17) is 0 Å². The lowest BCUT2D eigenvalue weighted by atomic mass is 10.1. The Kier molecular flexibility index (Phi) is 4.61. The lowest BCUT2D eigenvalue weighted by Crippen LogP contribution is -1.99. The van der Waals surface area contributed by atoms with Gasteiger partial charge in [-0.05, 0) is 27.9 Å². The average molecular weight is 286 g/mol. The van der Waals surface area contributed by atoms with Gasteiger partial charge in [0.2, 0.25) is 0 Å². The van der Waals surface area contributed by atoms with Crippen LogP contribution in [-0.2, 0) is 11.2 Å². The molecule has 0 N–H and O–H groups in total. The minimum absolute atomic E-state index is 0.0430. The number of carbonyl (C=O) groups excluding carboxylic acids is 1. The first-order valence-corrected chi connectivity index (χ1v) is 5.79. The standard InChI is InChI=1S/C11H12BrNO3/c1-2-9(14)7-6-8-4-3-5-10(11(8)12)13(15)16/h3-5H,2,6-7H2,1H3. The van der Waals surface area contributed by atoms with E-state index in [2.05, 4.69) is 15.9 Å². The van der Waals surface area contributed by atoms with Gasteiger partial charge in [0.05, 0.1) is 9.40 Å². The van der Waals surface area contributed by atoms with Crippen LogP contribution in [0.2, 0.25) is 0 Å². The topological polar surface area (TPSA) is 60.2 Å². The van der Waals surface area contributed by atoms with Crippen molar-refractivity contribution in [2.24, 2.45) is 0 Å². The number of halogens is 1. The zero-order valence-electron chi connectivity index (χ0n) is 8.90. The van der Waals surface area contributed by atoms with Crippen molar-refractivity contribution < 1.29 is 9.72 Å². The SMILES string of the molecule is CCC(=O)CCc1cccc([N+](=O)[O-])c1Br. The van der Waals surface area contributed by atoms with Gasteiger partial charge in [0.15, 0.2) is 0 Å². The van der Waals surface area contributed by atoms with Gasteiger partial charge in [0.1, 0.15) is 5.78 Å². The molecule has 1 aromatic carbocycles. The second-order valence-corrected chi connectivity index (χ2v) is 4.19. The second-order valence-electron chi connectivity index (χ2n) is 3.40. The summed E-state index contributed by atoms with van der Waals surface area (Å²) in [4.78, 5) is 21.4. The van der Waals surface area contributed by atoms with Gasteiger partial charge in [0.25, 0.3) is 5.69 Å². The highest BCUT2D eigenvalue weighted by molar-refractivity contribution is 9.10. The minimum Gasteiger partial charge on any atom is -0.300 e. The van der Waals surface area contributed by atoms with E-state index in [-0.39, 0.29) is 11.5 Å². The highest BCUT2D eigenvalue weighted by atomic mass is 79.9. The molecule has 16 heavy (non-hydrogen) atoms. The third-order valence-corrected chi connectivity index (χ3v) is 3.24. The maximum absolute atomic E-state index is 11.2. The number of nitro groups is 1. The first-order chi connectivity index (χ1) is 7.56. The minimum atomic E-state index is -0.435. The number of Topliss-reactive ketones (excluding diaryl/α,β-unsaturated/α-hetero) is 1. The van der Waals surface area contributed by atoms with Crippen LogP contribution in [0.4, 0.5) is 5.69 Å². The van der Waals surface area contributed by atoms with Crippen LogP contribution in [0.5, 0.6) is 0 Å². The molecule has 0 saturated heterocycles. The number of carbonyl (C=O) groups is 1. The number of nitrogens with zero attached hydrogens (tertiary/aromatic N) is 1. The summed E-state index contributed by atoms with van der Waals surface area (Å²) in [6, 6.07) is 4.86. The number of hydrogen-bond acceptors (Lipinski definition) is 3. The smallest absolute Gasteiger partial charge is 0.283 e. The molecule has 0 amide bonds. The summed E-state index contributed by atoms with van der Waals surface area (Å²) in [5.74, 6) is 0.165. The molecule has 4 nitrogen and oxygen atoms in total. The maximum atomic E-state index is 11.2. The van der Waals surface area contributed by atoms with Crippen LogP contribution in [0.25, 0.3) is 0 Å². The predicted molar refractivity (Wildman–Crippen MR) is 64.4 cm³/mol. The number of rotatable bonds is 5. The molecule has 1 rings (SSSR count). The predicted octanol–water partition coefficient (Wildman–Crippen LogP) is 3.27. The van der Waals surface area contributed by atoms with Gasteiger partial charge in [0, 0.05) is 18.9 Å². The first-order valence-electron chi connectivity index (χ1n) is 4.99. The molecule has 0 heterocycles. The summed E-state index contributed by atoms with van der Waals surface area (Å²) >= 11 is 3.20. The highest BCUT2D eigenvalue weighted by Gasteiger charge is 2.14. The van der Waals surface area contributed by atoms with E-state index in [0.29, 0.717) is 23.7 Å². The van der Waals surface area contributed by atoms with E-state index in [1.807, 2.05) is 6.92 Å². The van der Waals surface area contributed by atoms with Crippen molar-refractivity contribution in [1.82, 2.24) is 0 Å². The van der Waals surface area contributed by atoms with Gasteiger partial charge >= 0.3 is 0 Å². The molecule has 0 radical (unpaired) electrons. The fourth-order valence-corrected chi connectivity index (χ4v) is 1.96. The Hall–Kier alpha value is -1.23. The van der Waals surface area contributed by atoms with E-state index in [1.54, 1.807) is 12.1 Å². The number of ketones is 1. The van der Waals surface area contributed by atoms with Gasteiger partial charge in [-0.15, -0.1) is 0 Å². The van der Waals surface area contributed by atoms with Gasteiger partial charge in [-0.25, -0.2) is 0 Å². The first kappa shape index (κ1) is 12.8. The summed E-state index contributed by atoms with van der Waals surface area (Å²) in [6.45, 7) is 1.81. The molecular formula is C11H12BrNO3. The second kappa shape index (κ2) is 5.75. The van der Waals surface area contributed by atoms with Crippen LogP contribution >= 0.6 is 15.9 Å². The Morgan fingerprint density at radius 3 is 2.75 bits per heavy atom. The van der Waals surface area contributed by atoms with Crippen molar-refractivity contribution >= 4 is 27.4 Å². The monoisotopic (exact) mass is 285 g/mol. The fourth-order valence-electron chi connectivity index (χ4n) is 1.35. The molecule has 0 fully saturated rings. The quantitative estimate of drug-likeness (QED) is 0.616. The molecule has 86 valence electrons. The molecular weight excluding hydrogens is 274 g/mol. The molecule has 0 aliphatic heterocycles. The molecule has 5 heteroatoms. The van der Waals surface area contributed by atoms with Crippen LogP contribution < -0.4 is 0 Å². The van der Waals surface area contributed by atoms with Crippen molar-refractivity contribution in [2.75, 3.05) is 0 Å². The molecule has 0 aliphatic carbocycles. The van der Waals surface area contributed by atoms with E-state index in [9.17, 15) is 14.9 Å². The maximum Gasteiger partial charge on any atom is 0.283 e.